The Kier molecular flexibility index (Phi) is 6.54. The minimum Gasteiger partial charge on any atom is -0.390 e. The summed E-state index contributed by atoms with van der Waals surface area (Å²) in [5, 5.41) is 14.0. The molecule has 2 aromatic carbocycles. The van der Waals surface area contributed by atoms with Gasteiger partial charge in [-0.05, 0) is 12.5 Å². The second-order valence-corrected chi connectivity index (χ2v) is 5.47. The summed E-state index contributed by atoms with van der Waals surface area (Å²) in [7, 11) is 1.43. The Bertz CT molecular complexity index is 821. The molecule has 0 saturated heterocycles. The molecule has 0 aromatic heterocycles. The quantitative estimate of drug-likeness (QED) is 0.588. The normalized spacial score (nSPS) is 11.3. The van der Waals surface area contributed by atoms with E-state index in [1.165, 1.54) is 19.2 Å². The molecular formula is C19H19F2N3O2. The van der Waals surface area contributed by atoms with E-state index in [9.17, 15) is 13.6 Å². The van der Waals surface area contributed by atoms with Crippen molar-refractivity contribution in [2.45, 2.75) is 20.0 Å². The molecule has 2 rings (SSSR count). The van der Waals surface area contributed by atoms with Crippen molar-refractivity contribution in [2.75, 3.05) is 7.05 Å². The lowest BCUT2D eigenvalue weighted by Crippen LogP contribution is -2.28. The Balaban J connectivity index is 2.26. The highest BCUT2D eigenvalue weighted by Crippen LogP contribution is 2.17. The number of carbonyl (C=O) groups is 1. The van der Waals surface area contributed by atoms with E-state index in [0.29, 0.717) is 11.1 Å². The fourth-order valence-electron chi connectivity index (χ4n) is 2.37. The van der Waals surface area contributed by atoms with Gasteiger partial charge < -0.3 is 10.2 Å². The largest absolute Gasteiger partial charge is 0.390 e. The SMILES string of the molecule is CNC(=O)C(=N)c1cccc(C)c1CO/N=C(/c1ccccc1)C(F)F. The summed E-state index contributed by atoms with van der Waals surface area (Å²) in [5.41, 5.74) is 1.26. The van der Waals surface area contributed by atoms with Crippen LogP contribution in [0.1, 0.15) is 22.3 Å². The molecule has 2 N–H and O–H groups in total. The maximum Gasteiger partial charge on any atom is 0.284 e. The number of carbonyl (C=O) groups excluding carboxylic acids is 1. The molecule has 2 aromatic rings. The molecule has 0 aliphatic heterocycles. The summed E-state index contributed by atoms with van der Waals surface area (Å²) in [5.74, 6) is -0.544. The van der Waals surface area contributed by atoms with E-state index in [1.807, 2.05) is 0 Å². The zero-order valence-electron chi connectivity index (χ0n) is 14.4. The minimum atomic E-state index is -2.79. The highest BCUT2D eigenvalue weighted by Gasteiger charge is 2.18. The maximum absolute atomic E-state index is 13.3. The Morgan fingerprint density at radius 2 is 1.88 bits per heavy atom. The molecule has 0 atom stereocenters. The van der Waals surface area contributed by atoms with Crippen LogP contribution in [0, 0.1) is 12.3 Å². The number of nitrogens with one attached hydrogen (secondary N) is 2. The number of oxime groups is 1. The van der Waals surface area contributed by atoms with Crippen LogP contribution < -0.4 is 5.32 Å². The van der Waals surface area contributed by atoms with Crippen molar-refractivity contribution in [1.29, 1.82) is 5.41 Å². The predicted molar refractivity (Wildman–Crippen MR) is 95.8 cm³/mol. The highest BCUT2D eigenvalue weighted by molar-refractivity contribution is 6.44. The van der Waals surface area contributed by atoms with Gasteiger partial charge in [-0.3, -0.25) is 10.2 Å². The summed E-state index contributed by atoms with van der Waals surface area (Å²) >= 11 is 0. The lowest BCUT2D eigenvalue weighted by molar-refractivity contribution is -0.114. The van der Waals surface area contributed by atoms with E-state index in [4.69, 9.17) is 10.2 Å². The molecular weight excluding hydrogens is 340 g/mol. The van der Waals surface area contributed by atoms with Gasteiger partial charge in [0.1, 0.15) is 12.3 Å². The molecule has 0 aliphatic carbocycles. The standard InChI is InChI=1S/C19H19F2N3O2/c1-12-7-6-10-14(16(22)19(25)23-2)15(12)11-26-24-17(18(20)21)13-8-4-3-5-9-13/h3-10,18,22H,11H2,1-2H3,(H,23,25)/b22-16?,24-17-. The van der Waals surface area contributed by atoms with Crippen molar-refractivity contribution in [3.05, 3.63) is 70.8 Å². The molecule has 1 amide bonds. The molecule has 0 spiro atoms. The van der Waals surface area contributed by atoms with Crippen molar-refractivity contribution in [3.8, 4) is 0 Å². The number of rotatable bonds is 7. The van der Waals surface area contributed by atoms with Crippen LogP contribution in [0.4, 0.5) is 8.78 Å². The lowest BCUT2D eigenvalue weighted by Gasteiger charge is -2.12. The highest BCUT2D eigenvalue weighted by atomic mass is 19.3. The molecule has 0 radical (unpaired) electrons. The first-order valence-corrected chi connectivity index (χ1v) is 7.88. The second-order valence-electron chi connectivity index (χ2n) is 5.47. The summed E-state index contributed by atoms with van der Waals surface area (Å²) in [6.07, 6.45) is -2.79. The van der Waals surface area contributed by atoms with E-state index >= 15 is 0 Å². The molecule has 0 unspecified atom stereocenters. The van der Waals surface area contributed by atoms with E-state index in [-0.39, 0.29) is 17.9 Å². The third-order valence-electron chi connectivity index (χ3n) is 3.78. The smallest absolute Gasteiger partial charge is 0.284 e. The second kappa shape index (κ2) is 8.84. The Morgan fingerprint density at radius 3 is 2.50 bits per heavy atom. The van der Waals surface area contributed by atoms with Crippen LogP contribution in [-0.2, 0) is 16.2 Å². The Labute approximate surface area is 150 Å². The Morgan fingerprint density at radius 1 is 1.19 bits per heavy atom. The number of halogens is 2. The number of likely N-dealkylation sites (N-methyl/N-ethyl adjacent to an activating group) is 1. The van der Waals surface area contributed by atoms with Crippen LogP contribution in [0.2, 0.25) is 0 Å². The zero-order chi connectivity index (χ0) is 19.1. The summed E-state index contributed by atoms with van der Waals surface area (Å²) < 4.78 is 26.5. The van der Waals surface area contributed by atoms with Gasteiger partial charge in [-0.25, -0.2) is 8.78 Å². The molecule has 136 valence electrons. The van der Waals surface area contributed by atoms with Crippen LogP contribution >= 0.6 is 0 Å². The summed E-state index contributed by atoms with van der Waals surface area (Å²) in [4.78, 5) is 16.9. The number of nitrogens with zero attached hydrogens (tertiary/aromatic N) is 1. The van der Waals surface area contributed by atoms with Crippen LogP contribution in [0.3, 0.4) is 0 Å². The molecule has 0 heterocycles. The third-order valence-corrected chi connectivity index (χ3v) is 3.78. The van der Waals surface area contributed by atoms with Gasteiger partial charge >= 0.3 is 0 Å². The summed E-state index contributed by atoms with van der Waals surface area (Å²) in [6.45, 7) is 1.65. The zero-order valence-corrected chi connectivity index (χ0v) is 14.4. The molecule has 7 heteroatoms. The number of hydrogen-bond donors (Lipinski definition) is 2. The Hall–Kier alpha value is -3.09. The lowest BCUT2D eigenvalue weighted by atomic mass is 9.98. The van der Waals surface area contributed by atoms with Crippen molar-refractivity contribution >= 4 is 17.3 Å². The molecule has 0 fully saturated rings. The van der Waals surface area contributed by atoms with Crippen molar-refractivity contribution in [3.63, 3.8) is 0 Å². The first-order valence-electron chi connectivity index (χ1n) is 7.88. The summed E-state index contributed by atoms with van der Waals surface area (Å²) in [6, 6.07) is 13.1. The fourth-order valence-corrected chi connectivity index (χ4v) is 2.37. The van der Waals surface area contributed by atoms with E-state index in [1.54, 1.807) is 43.3 Å². The molecule has 0 aliphatic rings. The van der Waals surface area contributed by atoms with Gasteiger partial charge in [-0.15, -0.1) is 0 Å². The average molecular weight is 359 g/mol. The average Bonchev–Trinajstić information content (AvgIpc) is 2.65. The van der Waals surface area contributed by atoms with Crippen molar-refractivity contribution in [1.82, 2.24) is 5.32 Å². The fraction of sp³-hybridized carbons (Fsp3) is 0.211. The molecule has 0 bridgehead atoms. The van der Waals surface area contributed by atoms with Crippen molar-refractivity contribution in [2.24, 2.45) is 5.16 Å². The molecule has 26 heavy (non-hydrogen) atoms. The van der Waals surface area contributed by atoms with Gasteiger partial charge in [0.15, 0.2) is 5.71 Å². The van der Waals surface area contributed by atoms with Crippen LogP contribution in [0.25, 0.3) is 0 Å². The van der Waals surface area contributed by atoms with Crippen LogP contribution in [0.5, 0.6) is 0 Å². The topological polar surface area (TPSA) is 74.5 Å². The molecule has 0 saturated carbocycles. The maximum atomic E-state index is 13.3. The number of hydrogen-bond acceptors (Lipinski definition) is 4. The number of alkyl halides is 2. The van der Waals surface area contributed by atoms with Gasteiger partial charge in [0.25, 0.3) is 12.3 Å². The van der Waals surface area contributed by atoms with Gasteiger partial charge in [0.2, 0.25) is 0 Å². The number of amides is 1. The van der Waals surface area contributed by atoms with Crippen molar-refractivity contribution < 1.29 is 18.4 Å². The monoisotopic (exact) mass is 359 g/mol. The van der Waals surface area contributed by atoms with Gasteiger partial charge in [0, 0.05) is 23.7 Å². The van der Waals surface area contributed by atoms with Gasteiger partial charge in [-0.2, -0.15) is 0 Å². The first kappa shape index (κ1) is 19.2. The minimum absolute atomic E-state index is 0.134. The molecule has 5 nitrogen and oxygen atoms in total. The third kappa shape index (κ3) is 4.50. The number of benzene rings is 2. The van der Waals surface area contributed by atoms with E-state index < -0.39 is 18.0 Å². The van der Waals surface area contributed by atoms with Gasteiger partial charge in [0.05, 0.1) is 0 Å². The van der Waals surface area contributed by atoms with E-state index in [0.717, 1.165) is 5.56 Å². The predicted octanol–water partition coefficient (Wildman–Crippen LogP) is 3.29. The van der Waals surface area contributed by atoms with Crippen LogP contribution in [0.15, 0.2) is 53.7 Å². The van der Waals surface area contributed by atoms with E-state index in [2.05, 4.69) is 10.5 Å². The first-order chi connectivity index (χ1) is 12.5. The number of aryl methyl sites for hydroxylation is 1. The van der Waals surface area contributed by atoms with Gasteiger partial charge in [-0.1, -0.05) is 53.7 Å². The van der Waals surface area contributed by atoms with Crippen LogP contribution in [-0.4, -0.2) is 30.8 Å².